The molecule has 0 saturated carbocycles. The van der Waals surface area contributed by atoms with Gasteiger partial charge < -0.3 is 14.6 Å². The molecule has 7 heteroatoms. The molecule has 1 fully saturated rings. The van der Waals surface area contributed by atoms with Crippen LogP contribution in [0.3, 0.4) is 0 Å². The molecule has 0 radical (unpaired) electrons. The van der Waals surface area contributed by atoms with Crippen molar-refractivity contribution in [3.8, 4) is 11.1 Å². The summed E-state index contributed by atoms with van der Waals surface area (Å²) in [4.78, 5) is 43.2. The van der Waals surface area contributed by atoms with Gasteiger partial charge in [-0.2, -0.15) is 0 Å². The standard InChI is InChI=1S/C20H25N3O4/c1-13-17(18(24)22-20(26)21-13)14-6-8-15(9-7-14)19(25)23-11-4-3-5-16(23)10-12-27-2/h6-9,16H,3-5,10-12H2,1-2H3,(H2,21,22,24,26)/t16-/m0/s1. The zero-order chi connectivity index (χ0) is 19.4. The van der Waals surface area contributed by atoms with Gasteiger partial charge in [-0.05, 0) is 50.3 Å². The van der Waals surface area contributed by atoms with E-state index in [1.165, 1.54) is 0 Å². The average molecular weight is 371 g/mol. The quantitative estimate of drug-likeness (QED) is 0.841. The Balaban J connectivity index is 1.83. The van der Waals surface area contributed by atoms with E-state index in [0.717, 1.165) is 32.2 Å². The van der Waals surface area contributed by atoms with E-state index in [1.807, 2.05) is 4.90 Å². The Labute approximate surface area is 157 Å². The van der Waals surface area contributed by atoms with E-state index in [-0.39, 0.29) is 11.9 Å². The first-order valence-electron chi connectivity index (χ1n) is 9.25. The third-order valence-corrected chi connectivity index (χ3v) is 5.09. The van der Waals surface area contributed by atoms with Gasteiger partial charge in [0.25, 0.3) is 11.5 Å². The first-order chi connectivity index (χ1) is 13.0. The van der Waals surface area contributed by atoms with Crippen molar-refractivity contribution in [1.82, 2.24) is 14.9 Å². The maximum Gasteiger partial charge on any atom is 0.325 e. The number of ether oxygens (including phenoxy) is 1. The lowest BCUT2D eigenvalue weighted by Crippen LogP contribution is -2.44. The molecular weight excluding hydrogens is 346 g/mol. The molecule has 2 heterocycles. The van der Waals surface area contributed by atoms with E-state index >= 15 is 0 Å². The molecule has 0 bridgehead atoms. The summed E-state index contributed by atoms with van der Waals surface area (Å²) >= 11 is 0. The second-order valence-corrected chi connectivity index (χ2v) is 6.92. The van der Waals surface area contributed by atoms with Crippen LogP contribution in [0.4, 0.5) is 0 Å². The van der Waals surface area contributed by atoms with E-state index in [9.17, 15) is 14.4 Å². The molecule has 1 aromatic carbocycles. The molecule has 1 aliphatic rings. The van der Waals surface area contributed by atoms with Gasteiger partial charge >= 0.3 is 5.69 Å². The van der Waals surface area contributed by atoms with Crippen LogP contribution < -0.4 is 11.2 Å². The molecule has 1 atom stereocenters. The maximum atomic E-state index is 13.0. The number of aryl methyl sites for hydroxylation is 1. The highest BCUT2D eigenvalue weighted by Gasteiger charge is 2.27. The lowest BCUT2D eigenvalue weighted by molar-refractivity contribution is 0.0553. The lowest BCUT2D eigenvalue weighted by Gasteiger charge is -2.36. The van der Waals surface area contributed by atoms with Gasteiger partial charge in [0.15, 0.2) is 0 Å². The molecular formula is C20H25N3O4. The van der Waals surface area contributed by atoms with Crippen LogP contribution in [0.15, 0.2) is 33.9 Å². The molecule has 0 spiro atoms. The Kier molecular flexibility index (Phi) is 5.91. The number of H-pyrrole nitrogens is 2. The van der Waals surface area contributed by atoms with Gasteiger partial charge in [0.2, 0.25) is 0 Å². The van der Waals surface area contributed by atoms with Crippen molar-refractivity contribution in [3.05, 3.63) is 56.4 Å². The van der Waals surface area contributed by atoms with Crippen LogP contribution in [0.5, 0.6) is 0 Å². The Morgan fingerprint density at radius 2 is 1.93 bits per heavy atom. The number of nitrogens with zero attached hydrogens (tertiary/aromatic N) is 1. The summed E-state index contributed by atoms with van der Waals surface area (Å²) in [5.41, 5.74) is 1.20. The van der Waals surface area contributed by atoms with Crippen LogP contribution in [0.2, 0.25) is 0 Å². The summed E-state index contributed by atoms with van der Waals surface area (Å²) in [5.74, 6) is 0.00875. The summed E-state index contributed by atoms with van der Waals surface area (Å²) < 4.78 is 5.18. The van der Waals surface area contributed by atoms with Gasteiger partial charge in [-0.3, -0.25) is 14.6 Å². The smallest absolute Gasteiger partial charge is 0.325 e. The molecule has 7 nitrogen and oxygen atoms in total. The number of benzene rings is 1. The second-order valence-electron chi connectivity index (χ2n) is 6.92. The molecule has 1 amide bonds. The van der Waals surface area contributed by atoms with Crippen molar-refractivity contribution in [2.24, 2.45) is 0 Å². The van der Waals surface area contributed by atoms with Crippen LogP contribution in [0.1, 0.15) is 41.7 Å². The van der Waals surface area contributed by atoms with E-state index in [2.05, 4.69) is 9.97 Å². The molecule has 2 N–H and O–H groups in total. The zero-order valence-electron chi connectivity index (χ0n) is 15.7. The minimum Gasteiger partial charge on any atom is -0.385 e. The molecule has 0 aliphatic carbocycles. The SMILES string of the molecule is COCC[C@@H]1CCCCN1C(=O)c1ccc(-c2c(C)[nH]c(=O)[nH]c2=O)cc1. The Hall–Kier alpha value is -2.67. The van der Waals surface area contributed by atoms with Crippen molar-refractivity contribution in [1.29, 1.82) is 0 Å². The molecule has 2 aromatic rings. The van der Waals surface area contributed by atoms with Crippen molar-refractivity contribution >= 4 is 5.91 Å². The Morgan fingerprint density at radius 3 is 2.59 bits per heavy atom. The Morgan fingerprint density at radius 1 is 1.19 bits per heavy atom. The van der Waals surface area contributed by atoms with Gasteiger partial charge in [-0.15, -0.1) is 0 Å². The van der Waals surface area contributed by atoms with E-state index in [1.54, 1.807) is 38.3 Å². The first kappa shape index (κ1) is 19.1. The summed E-state index contributed by atoms with van der Waals surface area (Å²) in [6.07, 6.45) is 3.98. The van der Waals surface area contributed by atoms with Crippen molar-refractivity contribution in [2.45, 2.75) is 38.6 Å². The van der Waals surface area contributed by atoms with Crippen molar-refractivity contribution < 1.29 is 9.53 Å². The number of carbonyl (C=O) groups is 1. The van der Waals surface area contributed by atoms with Gasteiger partial charge in [0.05, 0.1) is 5.56 Å². The second kappa shape index (κ2) is 8.35. The molecule has 0 unspecified atom stereocenters. The number of amides is 1. The molecule has 144 valence electrons. The van der Waals surface area contributed by atoms with Crippen LogP contribution in [0, 0.1) is 6.92 Å². The number of hydrogen-bond donors (Lipinski definition) is 2. The lowest BCUT2D eigenvalue weighted by atomic mass is 9.97. The largest absolute Gasteiger partial charge is 0.385 e. The van der Waals surface area contributed by atoms with Crippen LogP contribution in [0.25, 0.3) is 11.1 Å². The van der Waals surface area contributed by atoms with Crippen molar-refractivity contribution in [3.63, 3.8) is 0 Å². The summed E-state index contributed by atoms with van der Waals surface area (Å²) in [7, 11) is 1.67. The number of likely N-dealkylation sites (tertiary alicyclic amines) is 1. The fraction of sp³-hybridized carbons (Fsp3) is 0.450. The van der Waals surface area contributed by atoms with Crippen molar-refractivity contribution in [2.75, 3.05) is 20.3 Å². The zero-order valence-corrected chi connectivity index (χ0v) is 15.7. The number of aromatic nitrogens is 2. The highest BCUT2D eigenvalue weighted by atomic mass is 16.5. The third kappa shape index (κ3) is 4.19. The fourth-order valence-electron chi connectivity index (χ4n) is 3.71. The minimum absolute atomic E-state index is 0.00875. The van der Waals surface area contributed by atoms with Gasteiger partial charge in [-0.25, -0.2) is 4.79 Å². The van der Waals surface area contributed by atoms with Gasteiger partial charge in [0.1, 0.15) is 0 Å². The normalized spacial score (nSPS) is 17.1. The van der Waals surface area contributed by atoms with E-state index in [0.29, 0.717) is 29.0 Å². The average Bonchev–Trinajstić information content (AvgIpc) is 2.66. The topological polar surface area (TPSA) is 95.3 Å². The number of piperidine rings is 1. The number of rotatable bonds is 5. The number of methoxy groups -OCH3 is 1. The predicted molar refractivity (Wildman–Crippen MR) is 103 cm³/mol. The number of nitrogens with one attached hydrogen (secondary N) is 2. The van der Waals surface area contributed by atoms with Crippen LogP contribution in [-0.4, -0.2) is 47.1 Å². The van der Waals surface area contributed by atoms with Gasteiger partial charge in [-0.1, -0.05) is 12.1 Å². The third-order valence-electron chi connectivity index (χ3n) is 5.09. The summed E-state index contributed by atoms with van der Waals surface area (Å²) in [6, 6.07) is 7.18. The fourth-order valence-corrected chi connectivity index (χ4v) is 3.71. The highest BCUT2D eigenvalue weighted by molar-refractivity contribution is 5.95. The molecule has 3 rings (SSSR count). The highest BCUT2D eigenvalue weighted by Crippen LogP contribution is 2.24. The van der Waals surface area contributed by atoms with E-state index < -0.39 is 11.2 Å². The maximum absolute atomic E-state index is 13.0. The Bertz CT molecular complexity index is 914. The van der Waals surface area contributed by atoms with E-state index in [4.69, 9.17) is 4.74 Å². The molecule has 1 saturated heterocycles. The molecule has 1 aromatic heterocycles. The number of carbonyl (C=O) groups excluding carboxylic acids is 1. The summed E-state index contributed by atoms with van der Waals surface area (Å²) in [5, 5.41) is 0. The summed E-state index contributed by atoms with van der Waals surface area (Å²) in [6.45, 7) is 3.08. The van der Waals surface area contributed by atoms with Crippen LogP contribution >= 0.6 is 0 Å². The number of aromatic amines is 2. The molecule has 1 aliphatic heterocycles. The minimum atomic E-state index is -0.528. The van der Waals surface area contributed by atoms with Gasteiger partial charge in [0, 0.05) is 37.6 Å². The monoisotopic (exact) mass is 371 g/mol. The van der Waals surface area contributed by atoms with Crippen LogP contribution in [-0.2, 0) is 4.74 Å². The molecule has 27 heavy (non-hydrogen) atoms. The first-order valence-corrected chi connectivity index (χ1v) is 9.25. The predicted octanol–water partition coefficient (Wildman–Crippen LogP) is 2.07. The number of hydrogen-bond acceptors (Lipinski definition) is 4.